The van der Waals surface area contributed by atoms with Crippen molar-refractivity contribution in [2.75, 3.05) is 0 Å². The Morgan fingerprint density at radius 1 is 0.692 bits per heavy atom. The van der Waals surface area contributed by atoms with Crippen LogP contribution in [0.15, 0.2) is 83.3 Å². The Labute approximate surface area is 154 Å². The van der Waals surface area contributed by atoms with E-state index >= 15 is 0 Å². The summed E-state index contributed by atoms with van der Waals surface area (Å²) in [7, 11) is 0. The number of fused-ring (bicyclic) bond motifs is 3. The Morgan fingerprint density at radius 2 is 1.42 bits per heavy atom. The summed E-state index contributed by atoms with van der Waals surface area (Å²) in [6.45, 7) is 0. The molecular weight excluding hydrogens is 344 g/mol. The van der Waals surface area contributed by atoms with E-state index in [4.69, 9.17) is 26.0 Å². The second-order valence-corrected chi connectivity index (χ2v) is 6.49. The Kier molecular flexibility index (Phi) is 3.47. The molecule has 3 nitrogen and oxygen atoms in total. The van der Waals surface area contributed by atoms with Crippen molar-refractivity contribution in [2.45, 2.75) is 0 Å². The van der Waals surface area contributed by atoms with Crippen LogP contribution in [-0.2, 0) is 0 Å². The summed E-state index contributed by atoms with van der Waals surface area (Å²) < 4.78 is 5.93. The third-order valence-corrected chi connectivity index (χ3v) is 4.59. The molecule has 0 aliphatic heterocycles. The number of hydrogen-bond donors (Lipinski definition) is 0. The molecular formula is C22H13ClN2O. The summed E-state index contributed by atoms with van der Waals surface area (Å²) in [6, 6.07) is 25.5. The molecule has 5 aromatic rings. The first-order chi connectivity index (χ1) is 12.8. The number of furan rings is 1. The molecule has 2 heterocycles. The summed E-state index contributed by atoms with van der Waals surface area (Å²) in [6.07, 6.45) is 0. The van der Waals surface area contributed by atoms with Gasteiger partial charge in [-0.15, -0.1) is 0 Å². The lowest BCUT2D eigenvalue weighted by Crippen LogP contribution is -1.94. The van der Waals surface area contributed by atoms with Crippen LogP contribution in [0.3, 0.4) is 0 Å². The van der Waals surface area contributed by atoms with Crippen LogP contribution in [0.25, 0.3) is 44.7 Å². The van der Waals surface area contributed by atoms with Crippen LogP contribution in [0, 0.1) is 0 Å². The van der Waals surface area contributed by atoms with Crippen molar-refractivity contribution in [2.24, 2.45) is 0 Å². The molecule has 0 saturated heterocycles. The third-order valence-electron chi connectivity index (χ3n) is 4.36. The fraction of sp³-hybridized carbons (Fsp3) is 0. The SMILES string of the molecule is Clc1cccc(-c2nc3c(nc2-c2ccccc2)oc2ccccc23)c1. The van der Waals surface area contributed by atoms with Gasteiger partial charge < -0.3 is 4.42 Å². The monoisotopic (exact) mass is 356 g/mol. The first-order valence-electron chi connectivity index (χ1n) is 8.30. The zero-order valence-electron chi connectivity index (χ0n) is 13.7. The highest BCUT2D eigenvalue weighted by Crippen LogP contribution is 2.35. The predicted molar refractivity (Wildman–Crippen MR) is 105 cm³/mol. The molecule has 3 aromatic carbocycles. The Morgan fingerprint density at radius 3 is 2.27 bits per heavy atom. The molecule has 5 rings (SSSR count). The molecule has 0 N–H and O–H groups in total. The van der Waals surface area contributed by atoms with Crippen molar-refractivity contribution in [1.82, 2.24) is 9.97 Å². The number of para-hydroxylation sites is 1. The Bertz CT molecular complexity index is 1250. The van der Waals surface area contributed by atoms with Gasteiger partial charge in [-0.3, -0.25) is 0 Å². The smallest absolute Gasteiger partial charge is 0.246 e. The molecule has 0 radical (unpaired) electrons. The van der Waals surface area contributed by atoms with E-state index in [0.717, 1.165) is 39.0 Å². The standard InChI is InChI=1S/C22H13ClN2O/c23-16-10-6-9-15(13-16)20-19(14-7-2-1-3-8-14)25-22-21(24-20)17-11-4-5-12-18(17)26-22/h1-13H. The lowest BCUT2D eigenvalue weighted by atomic mass is 10.0. The zero-order chi connectivity index (χ0) is 17.5. The molecule has 0 spiro atoms. The maximum absolute atomic E-state index is 6.22. The number of aromatic nitrogens is 2. The summed E-state index contributed by atoms with van der Waals surface area (Å²) in [5, 5.41) is 1.62. The summed E-state index contributed by atoms with van der Waals surface area (Å²) in [5.41, 5.74) is 5.56. The molecule has 0 amide bonds. The predicted octanol–water partition coefficient (Wildman–Crippen LogP) is 6.36. The molecule has 0 fully saturated rings. The number of benzene rings is 3. The first-order valence-corrected chi connectivity index (χ1v) is 8.68. The van der Waals surface area contributed by atoms with E-state index in [9.17, 15) is 0 Å². The van der Waals surface area contributed by atoms with E-state index in [1.807, 2.05) is 78.9 Å². The van der Waals surface area contributed by atoms with Gasteiger partial charge >= 0.3 is 0 Å². The van der Waals surface area contributed by atoms with E-state index in [1.165, 1.54) is 0 Å². The largest absolute Gasteiger partial charge is 0.436 e. The minimum Gasteiger partial charge on any atom is -0.436 e. The molecule has 2 aromatic heterocycles. The summed E-state index contributed by atoms with van der Waals surface area (Å²) >= 11 is 6.22. The third kappa shape index (κ3) is 2.45. The van der Waals surface area contributed by atoms with Gasteiger partial charge in [-0.25, -0.2) is 9.97 Å². The average molecular weight is 357 g/mol. The average Bonchev–Trinajstić information content (AvgIpc) is 3.05. The molecule has 26 heavy (non-hydrogen) atoms. The number of nitrogens with zero attached hydrogens (tertiary/aromatic N) is 2. The van der Waals surface area contributed by atoms with Gasteiger partial charge in [0.1, 0.15) is 16.8 Å². The van der Waals surface area contributed by atoms with Crippen molar-refractivity contribution in [3.05, 3.63) is 83.9 Å². The van der Waals surface area contributed by atoms with E-state index in [-0.39, 0.29) is 0 Å². The Balaban J connectivity index is 1.88. The second-order valence-electron chi connectivity index (χ2n) is 6.05. The van der Waals surface area contributed by atoms with E-state index in [2.05, 4.69) is 0 Å². The highest BCUT2D eigenvalue weighted by molar-refractivity contribution is 6.30. The molecule has 4 heteroatoms. The number of hydrogen-bond acceptors (Lipinski definition) is 3. The van der Waals surface area contributed by atoms with Crippen LogP contribution >= 0.6 is 11.6 Å². The van der Waals surface area contributed by atoms with Crippen LogP contribution in [0.4, 0.5) is 0 Å². The van der Waals surface area contributed by atoms with Crippen molar-refractivity contribution in [3.8, 4) is 22.5 Å². The van der Waals surface area contributed by atoms with Gasteiger partial charge in [0, 0.05) is 21.5 Å². The first kappa shape index (κ1) is 15.1. The van der Waals surface area contributed by atoms with Gasteiger partial charge in [0.25, 0.3) is 0 Å². The Hall–Kier alpha value is -3.17. The highest BCUT2D eigenvalue weighted by Gasteiger charge is 2.17. The molecule has 124 valence electrons. The number of rotatable bonds is 2. The molecule has 0 saturated carbocycles. The van der Waals surface area contributed by atoms with Gasteiger partial charge in [-0.1, -0.05) is 66.2 Å². The summed E-state index contributed by atoms with van der Waals surface area (Å²) in [5.74, 6) is 0. The van der Waals surface area contributed by atoms with E-state index in [1.54, 1.807) is 0 Å². The minimum absolute atomic E-state index is 0.538. The maximum atomic E-state index is 6.22. The van der Waals surface area contributed by atoms with Crippen molar-refractivity contribution in [3.63, 3.8) is 0 Å². The van der Waals surface area contributed by atoms with E-state index in [0.29, 0.717) is 10.7 Å². The van der Waals surface area contributed by atoms with Crippen molar-refractivity contribution in [1.29, 1.82) is 0 Å². The zero-order valence-corrected chi connectivity index (χ0v) is 14.4. The van der Waals surface area contributed by atoms with Gasteiger partial charge in [-0.2, -0.15) is 0 Å². The lowest BCUT2D eigenvalue weighted by molar-refractivity contribution is 0.653. The van der Waals surface area contributed by atoms with Crippen molar-refractivity contribution < 1.29 is 4.42 Å². The molecule has 0 bridgehead atoms. The fourth-order valence-electron chi connectivity index (χ4n) is 3.16. The van der Waals surface area contributed by atoms with Gasteiger partial charge in [-0.05, 0) is 24.3 Å². The highest BCUT2D eigenvalue weighted by atomic mass is 35.5. The van der Waals surface area contributed by atoms with Crippen molar-refractivity contribution >= 4 is 33.8 Å². The molecule has 0 aliphatic rings. The normalized spacial score (nSPS) is 11.3. The minimum atomic E-state index is 0.538. The van der Waals surface area contributed by atoms with Crippen LogP contribution in [0.2, 0.25) is 5.02 Å². The van der Waals surface area contributed by atoms with Crippen LogP contribution in [0.5, 0.6) is 0 Å². The lowest BCUT2D eigenvalue weighted by Gasteiger charge is -2.09. The van der Waals surface area contributed by atoms with Gasteiger partial charge in [0.05, 0.1) is 5.69 Å². The fourth-order valence-corrected chi connectivity index (χ4v) is 3.35. The van der Waals surface area contributed by atoms with E-state index < -0.39 is 0 Å². The second kappa shape index (κ2) is 5.97. The molecule has 0 unspecified atom stereocenters. The quantitative estimate of drug-likeness (QED) is 0.369. The van der Waals surface area contributed by atoms with Crippen LogP contribution in [-0.4, -0.2) is 9.97 Å². The van der Waals surface area contributed by atoms with Crippen LogP contribution < -0.4 is 0 Å². The van der Waals surface area contributed by atoms with Gasteiger partial charge in [0.15, 0.2) is 0 Å². The maximum Gasteiger partial charge on any atom is 0.246 e. The summed E-state index contributed by atoms with van der Waals surface area (Å²) in [4.78, 5) is 9.75. The van der Waals surface area contributed by atoms with Gasteiger partial charge in [0.2, 0.25) is 5.71 Å². The van der Waals surface area contributed by atoms with Crippen LogP contribution in [0.1, 0.15) is 0 Å². The topological polar surface area (TPSA) is 38.9 Å². The molecule has 0 aliphatic carbocycles. The molecule has 0 atom stereocenters. The number of halogens is 1.